The van der Waals surface area contributed by atoms with Crippen LogP contribution in [0.3, 0.4) is 0 Å². The highest BCUT2D eigenvalue weighted by molar-refractivity contribution is 5.80. The molecule has 1 aromatic carbocycles. The summed E-state index contributed by atoms with van der Waals surface area (Å²) in [7, 11) is 0. The number of para-hydroxylation sites is 2. The maximum Gasteiger partial charge on any atom is 0.223 e. The number of aromatic nitrogens is 2. The van der Waals surface area contributed by atoms with Gasteiger partial charge >= 0.3 is 0 Å². The molecular weight excluding hydrogens is 274 g/mol. The fourth-order valence-corrected chi connectivity index (χ4v) is 4.04. The second-order valence-electron chi connectivity index (χ2n) is 6.88. The lowest BCUT2D eigenvalue weighted by molar-refractivity contribution is -0.128. The molecule has 114 valence electrons. The third-order valence-corrected chi connectivity index (χ3v) is 5.25. The van der Waals surface area contributed by atoms with E-state index >= 15 is 0 Å². The average Bonchev–Trinajstić information content (AvgIpc) is 3.07. The first-order valence-electron chi connectivity index (χ1n) is 8.15. The summed E-state index contributed by atoms with van der Waals surface area (Å²) in [5.41, 5.74) is 3.95. The van der Waals surface area contributed by atoms with Gasteiger partial charge in [-0.15, -0.1) is 0 Å². The van der Waals surface area contributed by atoms with E-state index in [9.17, 15) is 4.79 Å². The number of nitrogens with zero attached hydrogens (tertiary/aromatic N) is 3. The van der Waals surface area contributed by atoms with Gasteiger partial charge in [0.1, 0.15) is 0 Å². The average molecular weight is 295 g/mol. The number of hydrogen-bond donors (Lipinski definition) is 0. The third-order valence-electron chi connectivity index (χ3n) is 5.25. The van der Waals surface area contributed by atoms with Gasteiger partial charge in [-0.2, -0.15) is 0 Å². The molecule has 0 N–H and O–H groups in total. The van der Waals surface area contributed by atoms with E-state index < -0.39 is 0 Å². The van der Waals surface area contributed by atoms with Crippen molar-refractivity contribution in [3.63, 3.8) is 0 Å². The number of fused-ring (bicyclic) bond motifs is 1. The van der Waals surface area contributed by atoms with Gasteiger partial charge in [-0.05, 0) is 37.3 Å². The number of benzene rings is 1. The van der Waals surface area contributed by atoms with E-state index in [-0.39, 0.29) is 11.3 Å². The lowest BCUT2D eigenvalue weighted by atomic mass is 9.85. The Balaban J connectivity index is 1.61. The predicted octanol–water partition coefficient (Wildman–Crippen LogP) is 3.23. The topological polar surface area (TPSA) is 46.1 Å². The van der Waals surface area contributed by atoms with E-state index in [4.69, 9.17) is 4.98 Å². The van der Waals surface area contributed by atoms with Crippen molar-refractivity contribution in [1.29, 1.82) is 0 Å². The van der Waals surface area contributed by atoms with Gasteiger partial charge in [0.05, 0.1) is 29.0 Å². The Kier molecular flexibility index (Phi) is 3.13. The van der Waals surface area contributed by atoms with Gasteiger partial charge in [-0.3, -0.25) is 4.79 Å². The Labute approximate surface area is 130 Å². The van der Waals surface area contributed by atoms with Crippen molar-refractivity contribution in [3.8, 4) is 0 Å². The Bertz CT molecular complexity index is 734. The van der Waals surface area contributed by atoms with Crippen molar-refractivity contribution >= 4 is 16.9 Å². The minimum absolute atomic E-state index is 0.259. The number of carbonyl (C=O) groups excluding carboxylic acids is 1. The highest BCUT2D eigenvalue weighted by atomic mass is 16.2. The van der Waals surface area contributed by atoms with Gasteiger partial charge in [-0.25, -0.2) is 9.97 Å². The molecule has 1 amide bonds. The summed E-state index contributed by atoms with van der Waals surface area (Å²) in [4.78, 5) is 23.8. The Morgan fingerprint density at radius 3 is 2.55 bits per heavy atom. The standard InChI is InChI=1S/C18H21N3O/c1-13-16(20-15-7-3-2-6-14(15)19-13)11-21-12-18(10-17(21)22)8-4-5-9-18/h2-3,6-7H,4-5,8-12H2,1H3. The number of rotatable bonds is 2. The lowest BCUT2D eigenvalue weighted by Gasteiger charge is -2.23. The molecule has 4 rings (SSSR count). The van der Waals surface area contributed by atoms with Crippen molar-refractivity contribution in [3.05, 3.63) is 35.7 Å². The van der Waals surface area contributed by atoms with Gasteiger partial charge < -0.3 is 4.90 Å². The molecule has 0 bridgehead atoms. The first kappa shape index (κ1) is 13.7. The summed E-state index contributed by atoms with van der Waals surface area (Å²) in [6.07, 6.45) is 5.69. The van der Waals surface area contributed by atoms with E-state index in [1.54, 1.807) is 0 Å². The zero-order valence-electron chi connectivity index (χ0n) is 13.0. The fraction of sp³-hybridized carbons (Fsp3) is 0.500. The van der Waals surface area contributed by atoms with Crippen LogP contribution in [0, 0.1) is 12.3 Å². The summed E-state index contributed by atoms with van der Waals surface area (Å²) < 4.78 is 0. The van der Waals surface area contributed by atoms with Crippen LogP contribution in [0.25, 0.3) is 11.0 Å². The van der Waals surface area contributed by atoms with Crippen molar-refractivity contribution in [2.24, 2.45) is 5.41 Å². The zero-order valence-corrected chi connectivity index (χ0v) is 13.0. The van der Waals surface area contributed by atoms with Crippen LogP contribution in [-0.2, 0) is 11.3 Å². The molecule has 4 heteroatoms. The smallest absolute Gasteiger partial charge is 0.223 e. The van der Waals surface area contributed by atoms with Crippen molar-refractivity contribution in [2.45, 2.75) is 45.6 Å². The SMILES string of the molecule is Cc1nc2ccccc2nc1CN1CC2(CCCC2)CC1=O. The lowest BCUT2D eigenvalue weighted by Crippen LogP contribution is -2.28. The summed E-state index contributed by atoms with van der Waals surface area (Å²) in [6.45, 7) is 3.49. The molecule has 1 aromatic heterocycles. The molecule has 22 heavy (non-hydrogen) atoms. The van der Waals surface area contributed by atoms with Crippen molar-refractivity contribution < 1.29 is 4.79 Å². The number of carbonyl (C=O) groups is 1. The number of amides is 1. The van der Waals surface area contributed by atoms with Gasteiger partial charge in [0.15, 0.2) is 0 Å². The molecule has 0 unspecified atom stereocenters. The molecule has 2 aromatic rings. The maximum absolute atomic E-state index is 12.4. The summed E-state index contributed by atoms with van der Waals surface area (Å²) in [6, 6.07) is 7.91. The van der Waals surface area contributed by atoms with E-state index in [1.807, 2.05) is 36.1 Å². The largest absolute Gasteiger partial charge is 0.336 e. The molecule has 1 aliphatic carbocycles. The van der Waals surface area contributed by atoms with Gasteiger partial charge in [0.25, 0.3) is 0 Å². The van der Waals surface area contributed by atoms with Crippen LogP contribution >= 0.6 is 0 Å². The zero-order chi connectivity index (χ0) is 15.2. The molecule has 0 atom stereocenters. The van der Waals surface area contributed by atoms with Crippen LogP contribution < -0.4 is 0 Å². The van der Waals surface area contributed by atoms with Crippen LogP contribution in [-0.4, -0.2) is 27.3 Å². The summed E-state index contributed by atoms with van der Waals surface area (Å²) in [5, 5.41) is 0. The number of hydrogen-bond acceptors (Lipinski definition) is 3. The maximum atomic E-state index is 12.4. The third kappa shape index (κ3) is 2.27. The highest BCUT2D eigenvalue weighted by Gasteiger charge is 2.44. The Morgan fingerprint density at radius 1 is 1.14 bits per heavy atom. The molecule has 1 saturated carbocycles. The molecule has 2 fully saturated rings. The molecule has 2 aliphatic rings. The number of aryl methyl sites for hydroxylation is 1. The van der Waals surface area contributed by atoms with E-state index in [1.165, 1.54) is 25.7 Å². The molecule has 1 saturated heterocycles. The molecule has 1 aliphatic heterocycles. The van der Waals surface area contributed by atoms with E-state index in [0.717, 1.165) is 35.4 Å². The van der Waals surface area contributed by atoms with Crippen LogP contribution in [0.2, 0.25) is 0 Å². The highest BCUT2D eigenvalue weighted by Crippen LogP contribution is 2.46. The summed E-state index contributed by atoms with van der Waals surface area (Å²) in [5.74, 6) is 0.288. The van der Waals surface area contributed by atoms with Crippen LogP contribution in [0.15, 0.2) is 24.3 Å². The van der Waals surface area contributed by atoms with Crippen LogP contribution in [0.4, 0.5) is 0 Å². The molecule has 4 nitrogen and oxygen atoms in total. The van der Waals surface area contributed by atoms with E-state index in [2.05, 4.69) is 4.98 Å². The van der Waals surface area contributed by atoms with Gasteiger partial charge in [0.2, 0.25) is 5.91 Å². The van der Waals surface area contributed by atoms with Crippen molar-refractivity contribution in [1.82, 2.24) is 14.9 Å². The van der Waals surface area contributed by atoms with Crippen LogP contribution in [0.1, 0.15) is 43.5 Å². The van der Waals surface area contributed by atoms with Gasteiger partial charge in [-0.1, -0.05) is 25.0 Å². The van der Waals surface area contributed by atoms with E-state index in [0.29, 0.717) is 6.54 Å². The predicted molar refractivity (Wildman–Crippen MR) is 85.2 cm³/mol. The molecule has 2 heterocycles. The fourth-order valence-electron chi connectivity index (χ4n) is 4.04. The molecule has 1 spiro atoms. The molecule has 0 radical (unpaired) electrons. The monoisotopic (exact) mass is 295 g/mol. The first-order valence-corrected chi connectivity index (χ1v) is 8.15. The Morgan fingerprint density at radius 2 is 1.82 bits per heavy atom. The van der Waals surface area contributed by atoms with Gasteiger partial charge in [0, 0.05) is 13.0 Å². The quantitative estimate of drug-likeness (QED) is 0.854. The van der Waals surface area contributed by atoms with Crippen LogP contribution in [0.5, 0.6) is 0 Å². The minimum atomic E-state index is 0.259. The number of likely N-dealkylation sites (tertiary alicyclic amines) is 1. The molecular formula is C18H21N3O. The normalized spacial score (nSPS) is 20.4. The summed E-state index contributed by atoms with van der Waals surface area (Å²) >= 11 is 0. The first-order chi connectivity index (χ1) is 10.7. The minimum Gasteiger partial charge on any atom is -0.336 e. The van der Waals surface area contributed by atoms with Crippen molar-refractivity contribution in [2.75, 3.05) is 6.54 Å². The second kappa shape index (κ2) is 5.04. The Hall–Kier alpha value is -1.97. The second-order valence-corrected chi connectivity index (χ2v) is 6.88.